The molecular weight excluding hydrogens is 229 g/mol. The molecule has 17 heavy (non-hydrogen) atoms. The molecule has 0 aromatic heterocycles. The van der Waals surface area contributed by atoms with Crippen molar-refractivity contribution in [2.45, 2.75) is 38.0 Å². The minimum absolute atomic E-state index is 0.0144. The monoisotopic (exact) mass is 244 g/mol. The molecule has 1 N–H and O–H groups in total. The lowest BCUT2D eigenvalue weighted by molar-refractivity contribution is -0.140. The average Bonchev–Trinajstić information content (AvgIpc) is 3.00. The van der Waals surface area contributed by atoms with E-state index in [-0.39, 0.29) is 5.56 Å². The quantitative estimate of drug-likeness (QED) is 0.859. The summed E-state index contributed by atoms with van der Waals surface area (Å²) in [4.78, 5) is 0. The van der Waals surface area contributed by atoms with Crippen molar-refractivity contribution < 1.29 is 18.3 Å². The van der Waals surface area contributed by atoms with Crippen LogP contribution in [0.5, 0.6) is 0 Å². The van der Waals surface area contributed by atoms with Gasteiger partial charge in [-0.15, -0.1) is 0 Å². The van der Waals surface area contributed by atoms with Crippen LogP contribution in [0.25, 0.3) is 0 Å². The van der Waals surface area contributed by atoms with Crippen molar-refractivity contribution in [1.29, 1.82) is 0 Å². The van der Waals surface area contributed by atoms with Crippen LogP contribution in [-0.4, -0.2) is 5.11 Å². The first-order valence-corrected chi connectivity index (χ1v) is 5.70. The summed E-state index contributed by atoms with van der Waals surface area (Å²) in [5, 5.41) is 10.2. The van der Waals surface area contributed by atoms with Gasteiger partial charge in [-0.25, -0.2) is 0 Å². The Hall–Kier alpha value is -1.03. The lowest BCUT2D eigenvalue weighted by Crippen LogP contribution is -2.26. The van der Waals surface area contributed by atoms with Gasteiger partial charge < -0.3 is 5.11 Å². The summed E-state index contributed by atoms with van der Waals surface area (Å²) in [6.07, 6.45) is -2.00. The van der Waals surface area contributed by atoms with Crippen LogP contribution in [-0.2, 0) is 11.8 Å². The third-order valence-corrected chi connectivity index (χ3v) is 3.20. The van der Waals surface area contributed by atoms with E-state index in [4.69, 9.17) is 0 Å². The Morgan fingerprint density at radius 2 is 1.71 bits per heavy atom. The van der Waals surface area contributed by atoms with Gasteiger partial charge in [-0.1, -0.05) is 31.0 Å². The standard InChI is InChI=1S/C13H15F3O/c1-12(17,8-9-6-7-9)10-4-2-3-5-11(10)13(14,15)16/h2-5,9,17H,6-8H2,1H3. The van der Waals surface area contributed by atoms with E-state index in [2.05, 4.69) is 0 Å². The molecule has 0 bridgehead atoms. The van der Waals surface area contributed by atoms with Crippen LogP contribution in [0.2, 0.25) is 0 Å². The van der Waals surface area contributed by atoms with Gasteiger partial charge in [0, 0.05) is 0 Å². The van der Waals surface area contributed by atoms with Crippen LogP contribution in [0.1, 0.15) is 37.3 Å². The Morgan fingerprint density at radius 3 is 2.18 bits per heavy atom. The summed E-state index contributed by atoms with van der Waals surface area (Å²) in [7, 11) is 0. The second kappa shape index (κ2) is 4.02. The lowest BCUT2D eigenvalue weighted by Gasteiger charge is -2.27. The van der Waals surface area contributed by atoms with E-state index in [0.717, 1.165) is 18.9 Å². The molecule has 1 aromatic rings. The largest absolute Gasteiger partial charge is 0.416 e. The molecular formula is C13H15F3O. The number of hydrogen-bond donors (Lipinski definition) is 1. The first-order chi connectivity index (χ1) is 7.81. The van der Waals surface area contributed by atoms with Gasteiger partial charge in [0.05, 0.1) is 11.2 Å². The zero-order valence-corrected chi connectivity index (χ0v) is 9.59. The van der Waals surface area contributed by atoms with Gasteiger partial charge in [-0.3, -0.25) is 0 Å². The van der Waals surface area contributed by atoms with Crippen LogP contribution >= 0.6 is 0 Å². The van der Waals surface area contributed by atoms with Gasteiger partial charge in [0.2, 0.25) is 0 Å². The summed E-state index contributed by atoms with van der Waals surface area (Å²) in [5.41, 5.74) is -2.14. The van der Waals surface area contributed by atoms with Crippen molar-refractivity contribution in [2.24, 2.45) is 5.92 Å². The maximum Gasteiger partial charge on any atom is 0.416 e. The molecule has 1 aliphatic rings. The van der Waals surface area contributed by atoms with E-state index in [1.807, 2.05) is 0 Å². The molecule has 1 fully saturated rings. The molecule has 0 spiro atoms. The van der Waals surface area contributed by atoms with E-state index in [1.165, 1.54) is 25.1 Å². The highest BCUT2D eigenvalue weighted by atomic mass is 19.4. The van der Waals surface area contributed by atoms with Crippen molar-refractivity contribution in [1.82, 2.24) is 0 Å². The maximum absolute atomic E-state index is 12.8. The highest BCUT2D eigenvalue weighted by molar-refractivity contribution is 5.34. The second-order valence-electron chi connectivity index (χ2n) is 4.96. The van der Waals surface area contributed by atoms with E-state index in [9.17, 15) is 18.3 Å². The SMILES string of the molecule is CC(O)(CC1CC1)c1ccccc1C(F)(F)F. The lowest BCUT2D eigenvalue weighted by atomic mass is 9.87. The molecule has 2 rings (SSSR count). The molecule has 0 heterocycles. The number of benzene rings is 1. The first kappa shape index (κ1) is 12.4. The van der Waals surface area contributed by atoms with E-state index in [1.54, 1.807) is 0 Å². The van der Waals surface area contributed by atoms with E-state index in [0.29, 0.717) is 12.3 Å². The number of alkyl halides is 3. The zero-order valence-electron chi connectivity index (χ0n) is 9.59. The Bertz CT molecular complexity index is 405. The molecule has 1 atom stereocenters. The van der Waals surface area contributed by atoms with Gasteiger partial charge in [0.25, 0.3) is 0 Å². The Kier molecular flexibility index (Phi) is 2.94. The average molecular weight is 244 g/mol. The van der Waals surface area contributed by atoms with Crippen molar-refractivity contribution in [3.63, 3.8) is 0 Å². The zero-order chi connectivity index (χ0) is 12.7. The predicted octanol–water partition coefficient (Wildman–Crippen LogP) is 3.71. The minimum Gasteiger partial charge on any atom is -0.385 e. The fourth-order valence-electron chi connectivity index (χ4n) is 2.19. The van der Waals surface area contributed by atoms with Gasteiger partial charge in [-0.05, 0) is 30.9 Å². The molecule has 94 valence electrons. The van der Waals surface area contributed by atoms with E-state index < -0.39 is 17.3 Å². The molecule has 1 nitrogen and oxygen atoms in total. The fraction of sp³-hybridized carbons (Fsp3) is 0.538. The third kappa shape index (κ3) is 2.80. The molecule has 4 heteroatoms. The third-order valence-electron chi connectivity index (χ3n) is 3.20. The van der Waals surface area contributed by atoms with Crippen molar-refractivity contribution in [2.75, 3.05) is 0 Å². The van der Waals surface area contributed by atoms with Gasteiger partial charge in [-0.2, -0.15) is 13.2 Å². The van der Waals surface area contributed by atoms with Crippen LogP contribution in [0.15, 0.2) is 24.3 Å². The molecule has 1 saturated carbocycles. The smallest absolute Gasteiger partial charge is 0.385 e. The maximum atomic E-state index is 12.8. The Labute approximate surface area is 98.3 Å². The van der Waals surface area contributed by atoms with Gasteiger partial charge in [0.1, 0.15) is 0 Å². The first-order valence-electron chi connectivity index (χ1n) is 5.70. The minimum atomic E-state index is -4.41. The highest BCUT2D eigenvalue weighted by Gasteiger charge is 2.40. The summed E-state index contributed by atoms with van der Waals surface area (Å²) in [6, 6.07) is 5.27. The van der Waals surface area contributed by atoms with E-state index >= 15 is 0 Å². The van der Waals surface area contributed by atoms with Crippen molar-refractivity contribution >= 4 is 0 Å². The molecule has 0 saturated heterocycles. The second-order valence-corrected chi connectivity index (χ2v) is 4.96. The summed E-state index contributed by atoms with van der Waals surface area (Å²) in [6.45, 7) is 1.47. The molecule has 1 aliphatic carbocycles. The Morgan fingerprint density at radius 1 is 1.18 bits per heavy atom. The van der Waals surface area contributed by atoms with Gasteiger partial charge >= 0.3 is 6.18 Å². The van der Waals surface area contributed by atoms with Crippen molar-refractivity contribution in [3.05, 3.63) is 35.4 Å². The number of halogens is 3. The normalized spacial score (nSPS) is 20.1. The summed E-state index contributed by atoms with van der Waals surface area (Å²) < 4.78 is 38.5. The van der Waals surface area contributed by atoms with Crippen LogP contribution < -0.4 is 0 Å². The van der Waals surface area contributed by atoms with Crippen LogP contribution in [0, 0.1) is 5.92 Å². The number of hydrogen-bond acceptors (Lipinski definition) is 1. The van der Waals surface area contributed by atoms with Crippen LogP contribution in [0.3, 0.4) is 0 Å². The fourth-order valence-corrected chi connectivity index (χ4v) is 2.19. The molecule has 0 aliphatic heterocycles. The topological polar surface area (TPSA) is 20.2 Å². The highest BCUT2D eigenvalue weighted by Crippen LogP contribution is 2.44. The molecule has 0 radical (unpaired) electrons. The Balaban J connectivity index is 2.36. The molecule has 1 unspecified atom stereocenters. The molecule has 1 aromatic carbocycles. The predicted molar refractivity (Wildman–Crippen MR) is 58.4 cm³/mol. The number of aliphatic hydroxyl groups is 1. The summed E-state index contributed by atoms with van der Waals surface area (Å²) >= 11 is 0. The summed E-state index contributed by atoms with van der Waals surface area (Å²) in [5.74, 6) is 0.367. The van der Waals surface area contributed by atoms with Crippen LogP contribution in [0.4, 0.5) is 13.2 Å². The van der Waals surface area contributed by atoms with Crippen molar-refractivity contribution in [3.8, 4) is 0 Å². The molecule has 0 amide bonds. The van der Waals surface area contributed by atoms with Gasteiger partial charge in [0.15, 0.2) is 0 Å². The number of rotatable bonds is 3.